The Balaban J connectivity index is 1.49. The standard InChI is InChI=1S/C20H27N3O5/c1-27-15-7-5-14(6-8-15)22-20(26)23-17-10-9-16(28-18(17)12-24)11-19(25)21-13-3-2-4-13/h5-10,13,16-18,24H,2-4,11-12H2,1H3,(H,21,25)(H2,22,23,26)/t16-,17+,18+/m1/s1. The van der Waals surface area contributed by atoms with Crippen LogP contribution in [0.25, 0.3) is 0 Å². The highest BCUT2D eigenvalue weighted by Gasteiger charge is 2.30. The molecule has 1 fully saturated rings. The smallest absolute Gasteiger partial charge is 0.319 e. The number of carbonyl (C=O) groups excluding carboxylic acids is 2. The maximum absolute atomic E-state index is 12.2. The summed E-state index contributed by atoms with van der Waals surface area (Å²) in [5.41, 5.74) is 0.616. The van der Waals surface area contributed by atoms with Crippen molar-refractivity contribution in [3.63, 3.8) is 0 Å². The van der Waals surface area contributed by atoms with E-state index in [0.717, 1.165) is 19.3 Å². The summed E-state index contributed by atoms with van der Waals surface area (Å²) in [5, 5.41) is 18.1. The maximum Gasteiger partial charge on any atom is 0.319 e. The minimum atomic E-state index is -0.617. The number of anilines is 1. The molecule has 0 bridgehead atoms. The molecular formula is C20H27N3O5. The second-order valence-electron chi connectivity index (χ2n) is 7.03. The number of benzene rings is 1. The van der Waals surface area contributed by atoms with Crippen LogP contribution in [0.15, 0.2) is 36.4 Å². The number of urea groups is 1. The van der Waals surface area contributed by atoms with Crippen LogP contribution in [0, 0.1) is 0 Å². The summed E-state index contributed by atoms with van der Waals surface area (Å²) in [7, 11) is 1.57. The molecule has 0 radical (unpaired) electrons. The van der Waals surface area contributed by atoms with Gasteiger partial charge in [0.05, 0.1) is 32.3 Å². The van der Waals surface area contributed by atoms with E-state index < -0.39 is 24.3 Å². The van der Waals surface area contributed by atoms with Crippen LogP contribution in [-0.2, 0) is 9.53 Å². The number of hydrogen-bond acceptors (Lipinski definition) is 5. The molecule has 4 N–H and O–H groups in total. The Labute approximate surface area is 164 Å². The van der Waals surface area contributed by atoms with Gasteiger partial charge < -0.3 is 30.5 Å². The van der Waals surface area contributed by atoms with Crippen molar-refractivity contribution in [1.29, 1.82) is 0 Å². The molecule has 8 heteroatoms. The van der Waals surface area contributed by atoms with Crippen molar-refractivity contribution in [2.45, 2.75) is 50.0 Å². The summed E-state index contributed by atoms with van der Waals surface area (Å²) in [6.07, 6.45) is 5.90. The molecule has 0 aromatic heterocycles. The average Bonchev–Trinajstić information content (AvgIpc) is 2.66. The molecule has 0 unspecified atom stereocenters. The minimum absolute atomic E-state index is 0.0558. The summed E-state index contributed by atoms with van der Waals surface area (Å²) in [4.78, 5) is 24.3. The van der Waals surface area contributed by atoms with Crippen molar-refractivity contribution in [2.75, 3.05) is 19.0 Å². The highest BCUT2D eigenvalue weighted by molar-refractivity contribution is 5.89. The van der Waals surface area contributed by atoms with Crippen molar-refractivity contribution in [2.24, 2.45) is 0 Å². The van der Waals surface area contributed by atoms with Gasteiger partial charge in [-0.15, -0.1) is 0 Å². The predicted molar refractivity (Wildman–Crippen MR) is 104 cm³/mol. The van der Waals surface area contributed by atoms with Gasteiger partial charge >= 0.3 is 6.03 Å². The van der Waals surface area contributed by atoms with E-state index in [9.17, 15) is 14.7 Å². The lowest BCUT2D eigenvalue weighted by Crippen LogP contribution is -2.50. The number of carbonyl (C=O) groups is 2. The fourth-order valence-corrected chi connectivity index (χ4v) is 3.15. The number of rotatable bonds is 7. The number of nitrogens with one attached hydrogen (secondary N) is 3. The summed E-state index contributed by atoms with van der Waals surface area (Å²) in [6, 6.07) is 6.32. The zero-order chi connectivity index (χ0) is 19.9. The highest BCUT2D eigenvalue weighted by Crippen LogP contribution is 2.20. The monoisotopic (exact) mass is 389 g/mol. The largest absolute Gasteiger partial charge is 0.497 e. The molecule has 1 aliphatic carbocycles. The van der Waals surface area contributed by atoms with Gasteiger partial charge in [-0.1, -0.05) is 12.2 Å². The Morgan fingerprint density at radius 2 is 1.93 bits per heavy atom. The van der Waals surface area contributed by atoms with E-state index in [1.807, 2.05) is 0 Å². The van der Waals surface area contributed by atoms with Gasteiger partial charge in [-0.3, -0.25) is 4.79 Å². The zero-order valence-electron chi connectivity index (χ0n) is 15.9. The van der Waals surface area contributed by atoms with Gasteiger partial charge in [0.2, 0.25) is 5.91 Å². The summed E-state index contributed by atoms with van der Waals surface area (Å²) in [5.74, 6) is 0.641. The van der Waals surface area contributed by atoms with E-state index in [4.69, 9.17) is 9.47 Å². The molecule has 1 aromatic carbocycles. The van der Waals surface area contributed by atoms with Gasteiger partial charge in [-0.25, -0.2) is 4.79 Å². The van der Waals surface area contributed by atoms with Crippen molar-refractivity contribution in [3.05, 3.63) is 36.4 Å². The fraction of sp³-hybridized carbons (Fsp3) is 0.500. The van der Waals surface area contributed by atoms with Gasteiger partial charge in [-0.2, -0.15) is 0 Å². The van der Waals surface area contributed by atoms with Crippen molar-refractivity contribution in [3.8, 4) is 5.75 Å². The van der Waals surface area contributed by atoms with E-state index in [1.54, 1.807) is 43.5 Å². The van der Waals surface area contributed by atoms with E-state index in [2.05, 4.69) is 16.0 Å². The average molecular weight is 389 g/mol. The Kier molecular flexibility index (Phi) is 6.89. The molecule has 0 spiro atoms. The SMILES string of the molecule is COc1ccc(NC(=O)N[C@H]2C=C[C@H](CC(=O)NC3CCC3)O[C@H]2CO)cc1. The highest BCUT2D eigenvalue weighted by atomic mass is 16.5. The normalized spacial score (nSPS) is 24.1. The molecule has 1 aliphatic heterocycles. The minimum Gasteiger partial charge on any atom is -0.497 e. The third kappa shape index (κ3) is 5.46. The van der Waals surface area contributed by atoms with E-state index in [1.165, 1.54) is 0 Å². The number of aliphatic hydroxyl groups excluding tert-OH is 1. The Bertz CT molecular complexity index is 702. The molecule has 8 nitrogen and oxygen atoms in total. The number of ether oxygens (including phenoxy) is 2. The van der Waals surface area contributed by atoms with Gasteiger partial charge in [0.1, 0.15) is 11.9 Å². The first-order valence-corrected chi connectivity index (χ1v) is 9.53. The topological polar surface area (TPSA) is 109 Å². The first-order valence-electron chi connectivity index (χ1n) is 9.53. The molecule has 152 valence electrons. The van der Waals surface area contributed by atoms with E-state index in [-0.39, 0.29) is 25.0 Å². The zero-order valence-corrected chi connectivity index (χ0v) is 15.9. The second-order valence-corrected chi connectivity index (χ2v) is 7.03. The number of methoxy groups -OCH3 is 1. The first-order chi connectivity index (χ1) is 13.6. The third-order valence-corrected chi connectivity index (χ3v) is 4.97. The molecule has 1 aromatic rings. The maximum atomic E-state index is 12.2. The number of amides is 3. The molecule has 2 aliphatic rings. The molecular weight excluding hydrogens is 362 g/mol. The third-order valence-electron chi connectivity index (χ3n) is 4.97. The van der Waals surface area contributed by atoms with Gasteiger partial charge in [0.25, 0.3) is 0 Å². The van der Waals surface area contributed by atoms with Gasteiger partial charge in [-0.05, 0) is 43.5 Å². The van der Waals surface area contributed by atoms with Gasteiger partial charge in [0.15, 0.2) is 0 Å². The lowest BCUT2D eigenvalue weighted by Gasteiger charge is -2.32. The van der Waals surface area contributed by atoms with Crippen LogP contribution >= 0.6 is 0 Å². The lowest BCUT2D eigenvalue weighted by molar-refractivity contribution is -0.126. The van der Waals surface area contributed by atoms with Crippen LogP contribution in [0.1, 0.15) is 25.7 Å². The predicted octanol–water partition coefficient (Wildman–Crippen LogP) is 1.56. The molecule has 3 amide bonds. The number of hydrogen-bond donors (Lipinski definition) is 4. The van der Waals surface area contributed by atoms with Crippen LogP contribution in [0.2, 0.25) is 0 Å². The fourth-order valence-electron chi connectivity index (χ4n) is 3.15. The van der Waals surface area contributed by atoms with E-state index in [0.29, 0.717) is 11.4 Å². The van der Waals surface area contributed by atoms with Crippen LogP contribution in [0.4, 0.5) is 10.5 Å². The molecule has 1 heterocycles. The molecule has 3 rings (SSSR count). The van der Waals surface area contributed by atoms with Crippen molar-refractivity contribution < 1.29 is 24.2 Å². The Hall–Kier alpha value is -2.58. The Morgan fingerprint density at radius 1 is 1.18 bits per heavy atom. The van der Waals surface area contributed by atoms with Crippen LogP contribution in [-0.4, -0.2) is 55.1 Å². The molecule has 28 heavy (non-hydrogen) atoms. The number of aliphatic hydroxyl groups is 1. The summed E-state index contributed by atoms with van der Waals surface area (Å²) < 4.78 is 10.9. The summed E-state index contributed by atoms with van der Waals surface area (Å²) >= 11 is 0. The first kappa shape index (κ1) is 20.2. The molecule has 0 saturated heterocycles. The quantitative estimate of drug-likeness (QED) is 0.529. The van der Waals surface area contributed by atoms with Gasteiger partial charge in [0, 0.05) is 11.7 Å². The van der Waals surface area contributed by atoms with Crippen LogP contribution < -0.4 is 20.7 Å². The molecule has 1 saturated carbocycles. The van der Waals surface area contributed by atoms with Crippen molar-refractivity contribution >= 4 is 17.6 Å². The summed E-state index contributed by atoms with van der Waals surface area (Å²) in [6.45, 7) is -0.265. The van der Waals surface area contributed by atoms with E-state index >= 15 is 0 Å². The van der Waals surface area contributed by atoms with Crippen LogP contribution in [0.5, 0.6) is 5.75 Å². The lowest BCUT2D eigenvalue weighted by atomic mass is 9.93. The second kappa shape index (κ2) is 9.57. The molecule has 3 atom stereocenters. The van der Waals surface area contributed by atoms with Crippen LogP contribution in [0.3, 0.4) is 0 Å². The Morgan fingerprint density at radius 3 is 2.54 bits per heavy atom. The van der Waals surface area contributed by atoms with Crippen molar-refractivity contribution in [1.82, 2.24) is 10.6 Å².